The van der Waals surface area contributed by atoms with E-state index in [-0.39, 0.29) is 5.75 Å². The molecule has 0 aromatic carbocycles. The van der Waals surface area contributed by atoms with Crippen LogP contribution in [0.2, 0.25) is 0 Å². The van der Waals surface area contributed by atoms with Gasteiger partial charge in [-0.2, -0.15) is 0 Å². The van der Waals surface area contributed by atoms with Crippen molar-refractivity contribution in [2.45, 2.75) is 24.8 Å². The molecule has 1 rings (SSSR count). The first-order valence-corrected chi connectivity index (χ1v) is 4.61. The molecule has 0 saturated heterocycles. The van der Waals surface area contributed by atoms with E-state index < -0.39 is 11.4 Å². The highest BCUT2D eigenvalue weighted by molar-refractivity contribution is 6.23. The number of rotatable bonds is 4. The number of ether oxygens (including phenoxy) is 1. The van der Waals surface area contributed by atoms with Crippen molar-refractivity contribution in [2.24, 2.45) is 0 Å². The summed E-state index contributed by atoms with van der Waals surface area (Å²) in [6, 6.07) is 3.04. The molecule has 4 nitrogen and oxygen atoms in total. The Kier molecular flexibility index (Phi) is 3.60. The molecule has 0 bridgehead atoms. The van der Waals surface area contributed by atoms with Crippen molar-refractivity contribution in [3.05, 3.63) is 24.0 Å². The zero-order chi connectivity index (χ0) is 12.4. The van der Waals surface area contributed by atoms with Gasteiger partial charge in [0.25, 0.3) is 0 Å². The number of aromatic nitrogens is 1. The van der Waals surface area contributed by atoms with Crippen molar-refractivity contribution in [3.63, 3.8) is 0 Å². The maximum Gasteiger partial charge on any atom is 0.210 e. The zero-order valence-corrected chi connectivity index (χ0v) is 8.72. The minimum absolute atomic E-state index is 0.0104. The largest absolute Gasteiger partial charge is 0.466 e. The predicted octanol–water partition coefficient (Wildman–Crippen LogP) is -0.379. The molecule has 1 aromatic rings. The first kappa shape index (κ1) is 13.0. The van der Waals surface area contributed by atoms with Crippen LogP contribution in [0.25, 0.3) is 0 Å². The molecular weight excluding hydrogens is 211 g/mol. The summed E-state index contributed by atoms with van der Waals surface area (Å²) in [5.41, 5.74) is -2.25. The third-order valence-electron chi connectivity index (χ3n) is 1.94. The third kappa shape index (κ3) is 2.96. The minimum Gasteiger partial charge on any atom is -0.466 e. The van der Waals surface area contributed by atoms with Crippen molar-refractivity contribution in [2.75, 3.05) is 0 Å². The average molecular weight is 221 g/mol. The number of halogens is 1. The van der Waals surface area contributed by atoms with Gasteiger partial charge in [0.1, 0.15) is 5.75 Å². The van der Waals surface area contributed by atoms with E-state index in [1.807, 2.05) is 6.92 Å². The van der Waals surface area contributed by atoms with Crippen LogP contribution in [-0.2, 0) is 6.42 Å². The molecule has 0 fully saturated rings. The van der Waals surface area contributed by atoms with Gasteiger partial charge < -0.3 is 14.9 Å². The standard InChI is InChI=1S/C9H10B2FNO3/c1-2-6-3-4-7(5-13-6)16-9(11,15)8(10,12)14/h3-5,14-15H,2H2,1H3. The second-order valence-electron chi connectivity index (χ2n) is 3.31. The number of pyridine rings is 1. The van der Waals surface area contributed by atoms with Gasteiger partial charge in [0.2, 0.25) is 11.4 Å². The quantitative estimate of drug-likeness (QED) is 0.537. The molecule has 2 atom stereocenters. The summed E-state index contributed by atoms with van der Waals surface area (Å²) in [5.74, 6) is -3.58. The molecule has 7 heteroatoms. The van der Waals surface area contributed by atoms with Gasteiger partial charge in [-0.1, -0.05) is 6.92 Å². The number of hydrogen-bond acceptors (Lipinski definition) is 4. The molecule has 0 aliphatic carbocycles. The van der Waals surface area contributed by atoms with Gasteiger partial charge in [-0.05, 0) is 18.6 Å². The fourth-order valence-electron chi connectivity index (χ4n) is 0.932. The second-order valence-corrected chi connectivity index (χ2v) is 3.31. The molecule has 2 N–H and O–H groups in total. The van der Waals surface area contributed by atoms with Crippen LogP contribution in [0, 0.1) is 0 Å². The summed E-state index contributed by atoms with van der Waals surface area (Å²) < 4.78 is 17.4. The van der Waals surface area contributed by atoms with Crippen LogP contribution < -0.4 is 4.74 Å². The molecule has 0 saturated carbocycles. The Bertz CT molecular complexity index is 351. The van der Waals surface area contributed by atoms with Crippen molar-refractivity contribution < 1.29 is 19.3 Å². The molecule has 1 aromatic heterocycles. The third-order valence-corrected chi connectivity index (χ3v) is 1.94. The number of alkyl halides is 1. The summed E-state index contributed by atoms with van der Waals surface area (Å²) in [7, 11) is 9.54. The summed E-state index contributed by atoms with van der Waals surface area (Å²) in [6.07, 6.45) is 1.96. The highest BCUT2D eigenvalue weighted by Gasteiger charge is 2.43. The summed E-state index contributed by atoms with van der Waals surface area (Å²) in [6.45, 7) is 1.91. The highest BCUT2D eigenvalue weighted by atomic mass is 19.2. The van der Waals surface area contributed by atoms with E-state index in [2.05, 4.69) is 17.6 Å². The van der Waals surface area contributed by atoms with Crippen LogP contribution >= 0.6 is 0 Å². The Morgan fingerprint density at radius 1 is 1.44 bits per heavy atom. The second kappa shape index (κ2) is 4.43. The monoisotopic (exact) mass is 221 g/mol. The SMILES string of the molecule is [B]C(O)(F)C([B])(O)Oc1ccc(CC)nc1. The zero-order valence-electron chi connectivity index (χ0n) is 8.72. The number of aliphatic hydroxyl groups is 2. The van der Waals surface area contributed by atoms with Gasteiger partial charge in [-0.3, -0.25) is 4.98 Å². The van der Waals surface area contributed by atoms with Crippen molar-refractivity contribution in [1.29, 1.82) is 0 Å². The van der Waals surface area contributed by atoms with Crippen molar-refractivity contribution >= 4 is 15.7 Å². The lowest BCUT2D eigenvalue weighted by molar-refractivity contribution is -0.217. The molecule has 82 valence electrons. The van der Waals surface area contributed by atoms with Gasteiger partial charge in [0.15, 0.2) is 15.7 Å². The van der Waals surface area contributed by atoms with Crippen molar-refractivity contribution in [1.82, 2.24) is 4.98 Å². The topological polar surface area (TPSA) is 62.6 Å². The van der Waals surface area contributed by atoms with Crippen molar-refractivity contribution in [3.8, 4) is 5.75 Å². The van der Waals surface area contributed by atoms with E-state index in [1.54, 1.807) is 6.07 Å². The van der Waals surface area contributed by atoms with E-state index in [0.29, 0.717) is 0 Å². The minimum atomic E-state index is -3.57. The van der Waals surface area contributed by atoms with Crippen LogP contribution in [0.3, 0.4) is 0 Å². The van der Waals surface area contributed by atoms with E-state index >= 15 is 0 Å². The van der Waals surface area contributed by atoms with Gasteiger partial charge in [0.05, 0.1) is 6.20 Å². The number of hydrogen-bond donors (Lipinski definition) is 2. The Balaban J connectivity index is 2.80. The lowest BCUT2D eigenvalue weighted by Crippen LogP contribution is -2.56. The van der Waals surface area contributed by atoms with Crippen LogP contribution in [0.4, 0.5) is 4.39 Å². The first-order chi connectivity index (χ1) is 7.26. The molecule has 0 spiro atoms. The molecule has 2 unspecified atom stereocenters. The van der Waals surface area contributed by atoms with Gasteiger partial charge in [0, 0.05) is 5.69 Å². The van der Waals surface area contributed by atoms with E-state index in [1.165, 1.54) is 12.3 Å². The lowest BCUT2D eigenvalue weighted by Gasteiger charge is -2.33. The Morgan fingerprint density at radius 3 is 2.44 bits per heavy atom. The molecule has 0 aliphatic rings. The summed E-state index contributed by atoms with van der Waals surface area (Å²) in [4.78, 5) is 3.93. The molecule has 1 heterocycles. The predicted molar refractivity (Wildman–Crippen MR) is 56.8 cm³/mol. The van der Waals surface area contributed by atoms with Crippen LogP contribution in [0.1, 0.15) is 12.6 Å². The van der Waals surface area contributed by atoms with Gasteiger partial charge in [-0.15, -0.1) is 0 Å². The maximum atomic E-state index is 12.8. The van der Waals surface area contributed by atoms with Gasteiger partial charge in [-0.25, -0.2) is 4.39 Å². The maximum absolute atomic E-state index is 12.8. The summed E-state index contributed by atoms with van der Waals surface area (Å²) in [5, 5.41) is 17.9. The lowest BCUT2D eigenvalue weighted by atomic mass is 9.76. The Hall–Kier alpha value is -1.07. The molecule has 4 radical (unpaired) electrons. The first-order valence-electron chi connectivity index (χ1n) is 4.61. The Morgan fingerprint density at radius 2 is 2.06 bits per heavy atom. The average Bonchev–Trinajstić information content (AvgIpc) is 2.16. The summed E-state index contributed by atoms with van der Waals surface area (Å²) >= 11 is 0. The number of nitrogens with zero attached hydrogens (tertiary/aromatic N) is 1. The van der Waals surface area contributed by atoms with Crippen LogP contribution in [-0.4, -0.2) is 42.3 Å². The number of aryl methyl sites for hydroxylation is 1. The normalized spacial score (nSPS) is 18.5. The molecule has 16 heavy (non-hydrogen) atoms. The molecule has 0 amide bonds. The highest BCUT2D eigenvalue weighted by Crippen LogP contribution is 2.22. The van der Waals surface area contributed by atoms with Crippen LogP contribution in [0.5, 0.6) is 5.75 Å². The molecular formula is C9H10B2FNO3. The Labute approximate surface area is 95.3 Å². The fraction of sp³-hybridized carbons (Fsp3) is 0.444. The van der Waals surface area contributed by atoms with Crippen LogP contribution in [0.15, 0.2) is 18.3 Å². The van der Waals surface area contributed by atoms with E-state index in [0.717, 1.165) is 12.1 Å². The molecule has 0 aliphatic heterocycles. The van der Waals surface area contributed by atoms with Gasteiger partial charge >= 0.3 is 0 Å². The van der Waals surface area contributed by atoms with E-state index in [4.69, 9.17) is 13.0 Å². The smallest absolute Gasteiger partial charge is 0.210 e. The fourth-order valence-corrected chi connectivity index (χ4v) is 0.932. The van der Waals surface area contributed by atoms with E-state index in [9.17, 15) is 9.50 Å².